The Balaban J connectivity index is 1.65. The van der Waals surface area contributed by atoms with Gasteiger partial charge in [-0.1, -0.05) is 54.1 Å². The lowest BCUT2D eigenvalue weighted by Crippen LogP contribution is -2.15. The van der Waals surface area contributed by atoms with Crippen molar-refractivity contribution in [3.05, 3.63) is 94.3 Å². The second-order valence-corrected chi connectivity index (χ2v) is 8.03. The standard InChI is InChI=1S/C23H15ClF2N2OS/c24-16-8-6-15(7-9-16)23-28-22(14-4-2-1-3-5-14)20(30-23)13-21(29)27-19-11-10-17(25)12-18(19)26/h1-12H,13H2,(H,27,29). The average Bonchev–Trinajstić information content (AvgIpc) is 3.15. The number of anilines is 1. The number of aromatic nitrogens is 1. The third-order valence-corrected chi connectivity index (χ3v) is 5.72. The second-order valence-electron chi connectivity index (χ2n) is 6.51. The normalized spacial score (nSPS) is 10.8. The van der Waals surface area contributed by atoms with E-state index >= 15 is 0 Å². The molecule has 0 saturated carbocycles. The van der Waals surface area contributed by atoms with Crippen molar-refractivity contribution in [1.29, 1.82) is 0 Å². The number of halogens is 3. The van der Waals surface area contributed by atoms with Gasteiger partial charge in [0.15, 0.2) is 0 Å². The molecule has 1 aromatic heterocycles. The number of rotatable bonds is 5. The highest BCUT2D eigenvalue weighted by atomic mass is 35.5. The minimum Gasteiger partial charge on any atom is -0.323 e. The van der Waals surface area contributed by atoms with E-state index in [2.05, 4.69) is 5.32 Å². The molecule has 1 N–H and O–H groups in total. The lowest BCUT2D eigenvalue weighted by Gasteiger charge is -2.07. The number of carbonyl (C=O) groups excluding carboxylic acids is 1. The molecule has 0 aliphatic rings. The Labute approximate surface area is 181 Å². The molecule has 0 aliphatic heterocycles. The van der Waals surface area contributed by atoms with Gasteiger partial charge >= 0.3 is 0 Å². The fraction of sp³-hybridized carbons (Fsp3) is 0.0435. The van der Waals surface area contributed by atoms with Crippen molar-refractivity contribution in [2.75, 3.05) is 5.32 Å². The Morgan fingerprint density at radius 2 is 1.70 bits per heavy atom. The molecule has 0 saturated heterocycles. The summed E-state index contributed by atoms with van der Waals surface area (Å²) in [6, 6.07) is 19.9. The van der Waals surface area contributed by atoms with Crippen molar-refractivity contribution in [2.24, 2.45) is 0 Å². The first-order chi connectivity index (χ1) is 14.5. The van der Waals surface area contributed by atoms with Gasteiger partial charge < -0.3 is 5.32 Å². The molecule has 0 fully saturated rings. The highest BCUT2D eigenvalue weighted by Gasteiger charge is 2.18. The largest absolute Gasteiger partial charge is 0.323 e. The maximum Gasteiger partial charge on any atom is 0.229 e. The summed E-state index contributed by atoms with van der Waals surface area (Å²) in [5, 5.41) is 3.88. The topological polar surface area (TPSA) is 42.0 Å². The summed E-state index contributed by atoms with van der Waals surface area (Å²) in [5.41, 5.74) is 2.40. The van der Waals surface area contributed by atoms with E-state index in [0.717, 1.165) is 33.1 Å². The Hall–Kier alpha value is -3.09. The van der Waals surface area contributed by atoms with Gasteiger partial charge in [-0.2, -0.15) is 0 Å². The molecule has 30 heavy (non-hydrogen) atoms. The van der Waals surface area contributed by atoms with Gasteiger partial charge in [0.1, 0.15) is 16.6 Å². The summed E-state index contributed by atoms with van der Waals surface area (Å²) in [6.07, 6.45) is 0.00625. The van der Waals surface area contributed by atoms with Crippen LogP contribution in [0.3, 0.4) is 0 Å². The van der Waals surface area contributed by atoms with Crippen molar-refractivity contribution < 1.29 is 13.6 Å². The van der Waals surface area contributed by atoms with Gasteiger partial charge in [0.25, 0.3) is 0 Å². The van der Waals surface area contributed by atoms with Crippen LogP contribution in [0.25, 0.3) is 21.8 Å². The van der Waals surface area contributed by atoms with Crippen LogP contribution < -0.4 is 5.32 Å². The van der Waals surface area contributed by atoms with Crippen LogP contribution in [0.5, 0.6) is 0 Å². The Morgan fingerprint density at radius 3 is 2.40 bits per heavy atom. The monoisotopic (exact) mass is 440 g/mol. The molecular weight excluding hydrogens is 426 g/mol. The van der Waals surface area contributed by atoms with E-state index in [1.165, 1.54) is 17.4 Å². The number of nitrogens with one attached hydrogen (secondary N) is 1. The van der Waals surface area contributed by atoms with Crippen molar-refractivity contribution in [2.45, 2.75) is 6.42 Å². The third kappa shape index (κ3) is 4.56. The number of amides is 1. The number of nitrogens with zero attached hydrogens (tertiary/aromatic N) is 1. The smallest absolute Gasteiger partial charge is 0.229 e. The number of thiazole rings is 1. The first-order valence-corrected chi connectivity index (χ1v) is 10.2. The maximum absolute atomic E-state index is 13.9. The zero-order valence-corrected chi connectivity index (χ0v) is 17.1. The zero-order chi connectivity index (χ0) is 21.1. The average molecular weight is 441 g/mol. The summed E-state index contributed by atoms with van der Waals surface area (Å²) in [5.74, 6) is -1.94. The van der Waals surface area contributed by atoms with E-state index < -0.39 is 17.5 Å². The molecule has 0 aliphatic carbocycles. The summed E-state index contributed by atoms with van der Waals surface area (Å²) in [6.45, 7) is 0. The SMILES string of the molecule is O=C(Cc1sc(-c2ccc(Cl)cc2)nc1-c1ccccc1)Nc1ccc(F)cc1F. The molecule has 1 amide bonds. The summed E-state index contributed by atoms with van der Waals surface area (Å²) >= 11 is 7.37. The molecule has 0 bridgehead atoms. The molecule has 3 aromatic carbocycles. The van der Waals surface area contributed by atoms with Crippen LogP contribution in [0.1, 0.15) is 4.88 Å². The molecule has 0 spiro atoms. The molecular formula is C23H15ClF2N2OS. The molecule has 150 valence electrons. The molecule has 0 unspecified atom stereocenters. The first kappa shape index (κ1) is 20.2. The van der Waals surface area contributed by atoms with Crippen molar-refractivity contribution in [3.8, 4) is 21.8 Å². The zero-order valence-electron chi connectivity index (χ0n) is 15.5. The number of hydrogen-bond donors (Lipinski definition) is 1. The van der Waals surface area contributed by atoms with E-state index in [0.29, 0.717) is 10.7 Å². The first-order valence-electron chi connectivity index (χ1n) is 9.05. The van der Waals surface area contributed by atoms with E-state index in [1.54, 1.807) is 12.1 Å². The van der Waals surface area contributed by atoms with Gasteiger partial charge in [-0.3, -0.25) is 4.79 Å². The Bertz CT molecular complexity index is 1190. The van der Waals surface area contributed by atoms with E-state index in [9.17, 15) is 13.6 Å². The summed E-state index contributed by atoms with van der Waals surface area (Å²) in [4.78, 5) is 18.1. The third-order valence-electron chi connectivity index (χ3n) is 4.36. The highest BCUT2D eigenvalue weighted by molar-refractivity contribution is 7.15. The predicted octanol–water partition coefficient (Wildman–Crippen LogP) is 6.59. The molecule has 7 heteroatoms. The highest BCUT2D eigenvalue weighted by Crippen LogP contribution is 2.35. The van der Waals surface area contributed by atoms with Crippen LogP contribution in [0.15, 0.2) is 72.8 Å². The Kier molecular flexibility index (Phi) is 5.88. The van der Waals surface area contributed by atoms with Crippen LogP contribution in [0.4, 0.5) is 14.5 Å². The van der Waals surface area contributed by atoms with Gasteiger partial charge in [-0.05, 0) is 24.3 Å². The second kappa shape index (κ2) is 8.73. The van der Waals surface area contributed by atoms with Crippen LogP contribution in [-0.2, 0) is 11.2 Å². The fourth-order valence-corrected chi connectivity index (χ4v) is 4.15. The van der Waals surface area contributed by atoms with E-state index in [-0.39, 0.29) is 12.1 Å². The lowest BCUT2D eigenvalue weighted by atomic mass is 10.1. The van der Waals surface area contributed by atoms with Gasteiger partial charge in [0.2, 0.25) is 5.91 Å². The quantitative estimate of drug-likeness (QED) is 0.380. The lowest BCUT2D eigenvalue weighted by molar-refractivity contribution is -0.115. The molecule has 4 aromatic rings. The molecule has 4 rings (SSSR count). The minimum atomic E-state index is -0.821. The summed E-state index contributed by atoms with van der Waals surface area (Å²) in [7, 11) is 0. The summed E-state index contributed by atoms with van der Waals surface area (Å²) < 4.78 is 27.0. The Morgan fingerprint density at radius 1 is 0.967 bits per heavy atom. The predicted molar refractivity (Wildman–Crippen MR) is 117 cm³/mol. The van der Waals surface area contributed by atoms with Crippen molar-refractivity contribution >= 4 is 34.5 Å². The van der Waals surface area contributed by atoms with E-state index in [4.69, 9.17) is 16.6 Å². The van der Waals surface area contributed by atoms with E-state index in [1.807, 2.05) is 42.5 Å². The van der Waals surface area contributed by atoms with Gasteiger partial charge in [0.05, 0.1) is 17.8 Å². The molecule has 1 heterocycles. The molecule has 0 radical (unpaired) electrons. The van der Waals surface area contributed by atoms with Gasteiger partial charge in [0, 0.05) is 27.1 Å². The number of carbonyl (C=O) groups is 1. The maximum atomic E-state index is 13.9. The van der Waals surface area contributed by atoms with Gasteiger partial charge in [-0.25, -0.2) is 13.8 Å². The van der Waals surface area contributed by atoms with Crippen molar-refractivity contribution in [1.82, 2.24) is 4.98 Å². The van der Waals surface area contributed by atoms with Gasteiger partial charge in [-0.15, -0.1) is 11.3 Å². The van der Waals surface area contributed by atoms with Crippen LogP contribution >= 0.6 is 22.9 Å². The van der Waals surface area contributed by atoms with Crippen LogP contribution in [0.2, 0.25) is 5.02 Å². The van der Waals surface area contributed by atoms with Crippen LogP contribution in [0, 0.1) is 11.6 Å². The number of hydrogen-bond acceptors (Lipinski definition) is 3. The van der Waals surface area contributed by atoms with Crippen LogP contribution in [-0.4, -0.2) is 10.9 Å². The molecule has 0 atom stereocenters. The number of benzene rings is 3. The van der Waals surface area contributed by atoms with Crippen molar-refractivity contribution in [3.63, 3.8) is 0 Å². The minimum absolute atomic E-state index is 0.00625. The fourth-order valence-electron chi connectivity index (χ4n) is 2.94. The molecule has 3 nitrogen and oxygen atoms in total.